The minimum Gasteiger partial charge on any atom is -0.480 e. The van der Waals surface area contributed by atoms with Gasteiger partial charge in [-0.05, 0) is 23.9 Å². The zero-order valence-corrected chi connectivity index (χ0v) is 9.92. The van der Waals surface area contributed by atoms with Gasteiger partial charge in [0.1, 0.15) is 11.9 Å². The molecule has 0 bridgehead atoms. The highest BCUT2D eigenvalue weighted by Crippen LogP contribution is 2.24. The molecule has 2 rings (SSSR count). The van der Waals surface area contributed by atoms with Crippen LogP contribution in [-0.2, 0) is 4.79 Å². The fourth-order valence-electron chi connectivity index (χ4n) is 1.87. The molecular weight excluding hydrogens is 232 g/mol. The molecule has 0 radical (unpaired) electrons. The van der Waals surface area contributed by atoms with Crippen molar-refractivity contribution < 1.29 is 15.0 Å². The number of aliphatic carboxylic acids is 1. The van der Waals surface area contributed by atoms with Gasteiger partial charge in [0.25, 0.3) is 0 Å². The largest absolute Gasteiger partial charge is 0.480 e. The predicted molar refractivity (Wildman–Crippen MR) is 68.6 cm³/mol. The molecule has 0 fully saturated rings. The minimum absolute atomic E-state index is 0.479. The summed E-state index contributed by atoms with van der Waals surface area (Å²) in [6.45, 7) is 1.45. The van der Waals surface area contributed by atoms with Crippen molar-refractivity contribution in [3.63, 3.8) is 0 Å². The number of nitrogens with one attached hydrogen (secondary N) is 1. The minimum atomic E-state index is -1.11. The average Bonchev–Trinajstić information content (AvgIpc) is 2.35. The van der Waals surface area contributed by atoms with Crippen LogP contribution in [0.3, 0.4) is 0 Å². The van der Waals surface area contributed by atoms with Crippen LogP contribution >= 0.6 is 0 Å². The molecule has 0 aliphatic carbocycles. The molecule has 2 aromatic rings. The van der Waals surface area contributed by atoms with Gasteiger partial charge in [0.2, 0.25) is 0 Å². The summed E-state index contributed by atoms with van der Waals surface area (Å²) in [7, 11) is 0. The van der Waals surface area contributed by atoms with Crippen molar-refractivity contribution in [3.05, 3.63) is 36.0 Å². The lowest BCUT2D eigenvalue weighted by Crippen LogP contribution is -2.33. The summed E-state index contributed by atoms with van der Waals surface area (Å²) in [5.41, 5.74) is 1.00. The van der Waals surface area contributed by atoms with Crippen molar-refractivity contribution >= 4 is 22.6 Å². The molecule has 94 valence electrons. The van der Waals surface area contributed by atoms with E-state index < -0.39 is 18.6 Å². The number of carbonyl (C=O) groups is 1. The number of rotatable bonds is 4. The normalized spacial score (nSPS) is 12.3. The lowest BCUT2D eigenvalue weighted by atomic mass is 10.1. The Bertz CT molecular complexity index is 578. The number of aromatic nitrogens is 1. The number of benzene rings is 1. The lowest BCUT2D eigenvalue weighted by molar-refractivity contribution is -0.138. The monoisotopic (exact) mass is 246 g/mol. The number of pyridine rings is 1. The molecule has 0 saturated carbocycles. The van der Waals surface area contributed by atoms with E-state index in [1.165, 1.54) is 0 Å². The van der Waals surface area contributed by atoms with E-state index in [1.807, 2.05) is 31.2 Å². The van der Waals surface area contributed by atoms with Crippen molar-refractivity contribution in [2.75, 3.05) is 11.9 Å². The number of aliphatic hydroxyl groups excluding tert-OH is 1. The van der Waals surface area contributed by atoms with E-state index >= 15 is 0 Å². The molecular formula is C13H14N2O3. The van der Waals surface area contributed by atoms with Gasteiger partial charge in [-0.3, -0.25) is 0 Å². The Morgan fingerprint density at radius 1 is 1.44 bits per heavy atom. The Morgan fingerprint density at radius 3 is 2.89 bits per heavy atom. The van der Waals surface area contributed by atoms with Crippen molar-refractivity contribution in [1.29, 1.82) is 0 Å². The van der Waals surface area contributed by atoms with Gasteiger partial charge in [0, 0.05) is 11.6 Å². The van der Waals surface area contributed by atoms with Crippen molar-refractivity contribution in [2.45, 2.75) is 13.0 Å². The van der Waals surface area contributed by atoms with Crippen LogP contribution in [0.1, 0.15) is 5.56 Å². The molecule has 5 nitrogen and oxygen atoms in total. The molecule has 3 N–H and O–H groups in total. The smallest absolute Gasteiger partial charge is 0.328 e. The van der Waals surface area contributed by atoms with Crippen molar-refractivity contribution in [1.82, 2.24) is 4.98 Å². The molecule has 1 atom stereocenters. The zero-order chi connectivity index (χ0) is 13.1. The molecule has 1 heterocycles. The van der Waals surface area contributed by atoms with Crippen LogP contribution in [0.25, 0.3) is 10.8 Å². The quantitative estimate of drug-likeness (QED) is 0.759. The summed E-state index contributed by atoms with van der Waals surface area (Å²) >= 11 is 0. The van der Waals surface area contributed by atoms with Gasteiger partial charge in [-0.15, -0.1) is 0 Å². The van der Waals surface area contributed by atoms with Gasteiger partial charge in [-0.2, -0.15) is 0 Å². The highest BCUT2D eigenvalue weighted by molar-refractivity contribution is 5.95. The number of hydrogen-bond donors (Lipinski definition) is 3. The van der Waals surface area contributed by atoms with Crippen LogP contribution in [0.4, 0.5) is 5.82 Å². The molecule has 0 spiro atoms. The summed E-state index contributed by atoms with van der Waals surface area (Å²) in [4.78, 5) is 15.1. The fraction of sp³-hybridized carbons (Fsp3) is 0.231. The maximum absolute atomic E-state index is 10.9. The number of nitrogens with zero attached hydrogens (tertiary/aromatic N) is 1. The second kappa shape index (κ2) is 5.01. The van der Waals surface area contributed by atoms with Crippen molar-refractivity contribution in [2.24, 2.45) is 0 Å². The Morgan fingerprint density at radius 2 is 2.22 bits per heavy atom. The summed E-state index contributed by atoms with van der Waals surface area (Å²) in [6, 6.07) is 6.61. The average molecular weight is 246 g/mol. The first-order valence-electron chi connectivity index (χ1n) is 5.58. The number of aryl methyl sites for hydroxylation is 1. The van der Waals surface area contributed by atoms with Gasteiger partial charge in [0.05, 0.1) is 6.61 Å². The standard InChI is InChI=1S/C13H14N2O3/c1-8-3-2-4-9-5-6-14-12(11(8)9)15-10(7-16)13(17)18/h2-6,10,16H,7H2,1H3,(H,14,15)(H,17,18). The first-order valence-corrected chi connectivity index (χ1v) is 5.58. The molecule has 0 saturated heterocycles. The third kappa shape index (κ3) is 2.26. The zero-order valence-electron chi connectivity index (χ0n) is 9.92. The van der Waals surface area contributed by atoms with Crippen LogP contribution in [0.2, 0.25) is 0 Å². The third-order valence-electron chi connectivity index (χ3n) is 2.79. The number of anilines is 1. The second-order valence-electron chi connectivity index (χ2n) is 4.05. The van der Waals surface area contributed by atoms with Crippen molar-refractivity contribution in [3.8, 4) is 0 Å². The number of fused-ring (bicyclic) bond motifs is 1. The molecule has 1 unspecified atom stereocenters. The predicted octanol–water partition coefficient (Wildman–Crippen LogP) is 1.40. The van der Waals surface area contributed by atoms with Gasteiger partial charge in [-0.25, -0.2) is 9.78 Å². The van der Waals surface area contributed by atoms with Gasteiger partial charge < -0.3 is 15.5 Å². The number of carboxylic acids is 1. The molecule has 1 aromatic carbocycles. The van der Waals surface area contributed by atoms with E-state index in [9.17, 15) is 4.79 Å². The van der Waals surface area contributed by atoms with Crippen LogP contribution in [0, 0.1) is 6.92 Å². The summed E-state index contributed by atoms with van der Waals surface area (Å²) in [5.74, 6) is -0.628. The second-order valence-corrected chi connectivity index (χ2v) is 4.05. The molecule has 0 amide bonds. The third-order valence-corrected chi connectivity index (χ3v) is 2.79. The van der Waals surface area contributed by atoms with Gasteiger partial charge in [-0.1, -0.05) is 18.2 Å². The van der Waals surface area contributed by atoms with Crippen LogP contribution in [0.5, 0.6) is 0 Å². The molecule has 18 heavy (non-hydrogen) atoms. The Hall–Kier alpha value is -2.14. The Balaban J connectivity index is 2.48. The fourth-order valence-corrected chi connectivity index (χ4v) is 1.87. The first-order chi connectivity index (χ1) is 8.63. The highest BCUT2D eigenvalue weighted by Gasteiger charge is 2.17. The SMILES string of the molecule is Cc1cccc2ccnc(NC(CO)C(=O)O)c12. The Labute approximate surface area is 104 Å². The summed E-state index contributed by atoms with van der Waals surface area (Å²) in [5, 5.41) is 22.6. The number of hydrogen-bond acceptors (Lipinski definition) is 4. The number of carboxylic acid groups (broad SMARTS) is 1. The van der Waals surface area contributed by atoms with Crippen LogP contribution in [-0.4, -0.2) is 33.8 Å². The Kier molecular flexibility index (Phi) is 3.43. The van der Waals surface area contributed by atoms with Crippen LogP contribution < -0.4 is 5.32 Å². The van der Waals surface area contributed by atoms with E-state index in [0.29, 0.717) is 5.82 Å². The first kappa shape index (κ1) is 12.3. The van der Waals surface area contributed by atoms with E-state index in [2.05, 4.69) is 10.3 Å². The van der Waals surface area contributed by atoms with E-state index in [0.717, 1.165) is 16.3 Å². The number of aliphatic hydroxyl groups is 1. The molecule has 0 aliphatic rings. The molecule has 1 aromatic heterocycles. The maximum Gasteiger partial charge on any atom is 0.328 e. The summed E-state index contributed by atoms with van der Waals surface area (Å²) in [6.07, 6.45) is 1.61. The van der Waals surface area contributed by atoms with Gasteiger partial charge in [0.15, 0.2) is 0 Å². The topological polar surface area (TPSA) is 82.5 Å². The highest BCUT2D eigenvalue weighted by atomic mass is 16.4. The maximum atomic E-state index is 10.9. The van der Waals surface area contributed by atoms with E-state index in [4.69, 9.17) is 10.2 Å². The molecule has 5 heteroatoms. The summed E-state index contributed by atoms with van der Waals surface area (Å²) < 4.78 is 0. The van der Waals surface area contributed by atoms with E-state index in [1.54, 1.807) is 6.20 Å². The molecule has 0 aliphatic heterocycles. The van der Waals surface area contributed by atoms with Crippen LogP contribution in [0.15, 0.2) is 30.5 Å². The lowest BCUT2D eigenvalue weighted by Gasteiger charge is -2.15. The van der Waals surface area contributed by atoms with Gasteiger partial charge >= 0.3 is 5.97 Å². The van der Waals surface area contributed by atoms with E-state index in [-0.39, 0.29) is 0 Å².